The van der Waals surface area contributed by atoms with Gasteiger partial charge < -0.3 is 9.47 Å². The van der Waals surface area contributed by atoms with E-state index in [0.717, 1.165) is 29.0 Å². The maximum Gasteiger partial charge on any atom is 0.126 e. The van der Waals surface area contributed by atoms with E-state index < -0.39 is 0 Å². The lowest BCUT2D eigenvalue weighted by Gasteiger charge is -2.07. The normalized spacial score (nSPS) is 10.4. The van der Waals surface area contributed by atoms with E-state index in [4.69, 9.17) is 9.47 Å². The summed E-state index contributed by atoms with van der Waals surface area (Å²) in [5.74, 6) is 0.830. The van der Waals surface area contributed by atoms with E-state index >= 15 is 0 Å². The number of hydrogen-bond acceptors (Lipinski definition) is 3. The van der Waals surface area contributed by atoms with Crippen LogP contribution < -0.4 is 4.74 Å². The van der Waals surface area contributed by atoms with Crippen LogP contribution in [0.2, 0.25) is 0 Å². The van der Waals surface area contributed by atoms with Crippen LogP contribution in [0, 0.1) is 0 Å². The molecule has 1 aromatic carbocycles. The Morgan fingerprint density at radius 1 is 1.37 bits per heavy atom. The number of hydrogen-bond donors (Lipinski definition) is 0. The van der Waals surface area contributed by atoms with Crippen molar-refractivity contribution in [2.45, 2.75) is 6.54 Å². The molecule has 0 aliphatic rings. The smallest absolute Gasteiger partial charge is 0.126 e. The quantitative estimate of drug-likeness (QED) is 0.799. The van der Waals surface area contributed by atoms with E-state index in [9.17, 15) is 0 Å². The molecule has 0 radical (unpaired) electrons. The minimum absolute atomic E-state index is 0.644. The Kier molecular flexibility index (Phi) is 4.36. The Bertz CT molecular complexity index is 561. The number of benzene rings is 1. The van der Waals surface area contributed by atoms with E-state index in [2.05, 4.69) is 11.7 Å². The van der Waals surface area contributed by atoms with Crippen LogP contribution in [0.4, 0.5) is 0 Å². The number of ether oxygens (including phenoxy) is 2. The SMILES string of the molecule is C=Cc1ccc(OC)c(-c2cnn(CCOC)c2)c1. The average molecular weight is 258 g/mol. The van der Waals surface area contributed by atoms with Gasteiger partial charge in [-0.25, -0.2) is 0 Å². The zero-order valence-electron chi connectivity index (χ0n) is 11.3. The second-order valence-corrected chi connectivity index (χ2v) is 4.15. The Labute approximate surface area is 113 Å². The summed E-state index contributed by atoms with van der Waals surface area (Å²) in [6.07, 6.45) is 5.64. The van der Waals surface area contributed by atoms with Crippen molar-refractivity contribution in [2.24, 2.45) is 0 Å². The molecule has 0 saturated heterocycles. The molecule has 4 heteroatoms. The minimum Gasteiger partial charge on any atom is -0.496 e. The first-order chi connectivity index (χ1) is 9.28. The van der Waals surface area contributed by atoms with Gasteiger partial charge in [0.2, 0.25) is 0 Å². The summed E-state index contributed by atoms with van der Waals surface area (Å²) in [6, 6.07) is 5.97. The second kappa shape index (κ2) is 6.20. The Morgan fingerprint density at radius 2 is 2.21 bits per heavy atom. The van der Waals surface area contributed by atoms with Gasteiger partial charge in [0.1, 0.15) is 5.75 Å². The monoisotopic (exact) mass is 258 g/mol. The van der Waals surface area contributed by atoms with Gasteiger partial charge in [-0.1, -0.05) is 18.7 Å². The summed E-state index contributed by atoms with van der Waals surface area (Å²) in [5.41, 5.74) is 3.10. The fourth-order valence-electron chi connectivity index (χ4n) is 1.89. The number of rotatable bonds is 6. The molecule has 0 unspecified atom stereocenters. The Hall–Kier alpha value is -2.07. The molecule has 0 amide bonds. The molecule has 0 bridgehead atoms. The number of nitrogens with zero attached hydrogens (tertiary/aromatic N) is 2. The molecule has 0 saturated carbocycles. The molecule has 0 N–H and O–H groups in total. The first-order valence-electron chi connectivity index (χ1n) is 6.10. The molecule has 19 heavy (non-hydrogen) atoms. The van der Waals surface area contributed by atoms with Gasteiger partial charge in [0.25, 0.3) is 0 Å². The summed E-state index contributed by atoms with van der Waals surface area (Å²) in [6.45, 7) is 5.17. The largest absolute Gasteiger partial charge is 0.496 e. The Morgan fingerprint density at radius 3 is 2.89 bits per heavy atom. The lowest BCUT2D eigenvalue weighted by atomic mass is 10.0. The summed E-state index contributed by atoms with van der Waals surface area (Å²) in [7, 11) is 3.35. The molecule has 2 rings (SSSR count). The number of aromatic nitrogens is 2. The molecule has 1 heterocycles. The predicted octanol–water partition coefficient (Wildman–Crippen LogP) is 2.85. The lowest BCUT2D eigenvalue weighted by molar-refractivity contribution is 0.183. The molecular formula is C15H18N2O2. The van der Waals surface area contributed by atoms with Crippen molar-refractivity contribution in [1.29, 1.82) is 0 Å². The highest BCUT2D eigenvalue weighted by atomic mass is 16.5. The van der Waals surface area contributed by atoms with E-state index in [1.807, 2.05) is 41.4 Å². The molecule has 100 valence electrons. The number of methoxy groups -OCH3 is 2. The van der Waals surface area contributed by atoms with E-state index in [1.54, 1.807) is 14.2 Å². The van der Waals surface area contributed by atoms with Gasteiger partial charge in [-0.3, -0.25) is 4.68 Å². The van der Waals surface area contributed by atoms with E-state index in [-0.39, 0.29) is 0 Å². The van der Waals surface area contributed by atoms with Crippen LogP contribution in [0.25, 0.3) is 17.2 Å². The van der Waals surface area contributed by atoms with Crippen molar-refractivity contribution in [3.05, 3.63) is 42.7 Å². The van der Waals surface area contributed by atoms with Gasteiger partial charge >= 0.3 is 0 Å². The van der Waals surface area contributed by atoms with Crippen LogP contribution in [-0.2, 0) is 11.3 Å². The second-order valence-electron chi connectivity index (χ2n) is 4.15. The molecule has 4 nitrogen and oxygen atoms in total. The zero-order valence-corrected chi connectivity index (χ0v) is 11.3. The van der Waals surface area contributed by atoms with Crippen molar-refractivity contribution in [1.82, 2.24) is 9.78 Å². The van der Waals surface area contributed by atoms with Crippen molar-refractivity contribution in [3.8, 4) is 16.9 Å². The molecule has 0 fully saturated rings. The molecule has 0 spiro atoms. The highest BCUT2D eigenvalue weighted by Gasteiger charge is 2.08. The van der Waals surface area contributed by atoms with Gasteiger partial charge in [0.05, 0.1) is 26.5 Å². The van der Waals surface area contributed by atoms with E-state index in [0.29, 0.717) is 6.61 Å². The first-order valence-corrected chi connectivity index (χ1v) is 6.10. The average Bonchev–Trinajstić information content (AvgIpc) is 2.93. The van der Waals surface area contributed by atoms with Crippen LogP contribution in [0.1, 0.15) is 5.56 Å². The molecule has 2 aromatic rings. The molecule has 1 aromatic heterocycles. The van der Waals surface area contributed by atoms with Crippen LogP contribution in [0.3, 0.4) is 0 Å². The summed E-state index contributed by atoms with van der Waals surface area (Å²) in [5, 5.41) is 4.32. The standard InChI is InChI=1S/C15H18N2O2/c1-4-12-5-6-15(19-3)14(9-12)13-10-16-17(11-13)7-8-18-2/h4-6,9-11H,1,7-8H2,2-3H3. The topological polar surface area (TPSA) is 36.3 Å². The van der Waals surface area contributed by atoms with Crippen molar-refractivity contribution in [3.63, 3.8) is 0 Å². The third-order valence-electron chi connectivity index (χ3n) is 2.93. The summed E-state index contributed by atoms with van der Waals surface area (Å²) >= 11 is 0. The van der Waals surface area contributed by atoms with Gasteiger partial charge in [0.15, 0.2) is 0 Å². The van der Waals surface area contributed by atoms with E-state index in [1.165, 1.54) is 0 Å². The zero-order chi connectivity index (χ0) is 13.7. The van der Waals surface area contributed by atoms with Gasteiger partial charge in [-0.15, -0.1) is 0 Å². The van der Waals surface area contributed by atoms with Crippen LogP contribution >= 0.6 is 0 Å². The van der Waals surface area contributed by atoms with Gasteiger partial charge in [-0.2, -0.15) is 5.10 Å². The highest BCUT2D eigenvalue weighted by molar-refractivity contribution is 5.72. The fourth-order valence-corrected chi connectivity index (χ4v) is 1.89. The fraction of sp³-hybridized carbons (Fsp3) is 0.267. The maximum absolute atomic E-state index is 5.39. The third kappa shape index (κ3) is 3.03. The first kappa shape index (κ1) is 13.4. The summed E-state index contributed by atoms with van der Waals surface area (Å²) in [4.78, 5) is 0. The van der Waals surface area contributed by atoms with Crippen LogP contribution in [0.5, 0.6) is 5.75 Å². The lowest BCUT2D eigenvalue weighted by Crippen LogP contribution is -2.03. The summed E-state index contributed by atoms with van der Waals surface area (Å²) < 4.78 is 12.3. The van der Waals surface area contributed by atoms with Gasteiger partial charge in [-0.05, 0) is 17.7 Å². The van der Waals surface area contributed by atoms with Crippen molar-refractivity contribution in [2.75, 3.05) is 20.8 Å². The maximum atomic E-state index is 5.39. The molecule has 0 aliphatic heterocycles. The van der Waals surface area contributed by atoms with Crippen LogP contribution in [-0.4, -0.2) is 30.6 Å². The third-order valence-corrected chi connectivity index (χ3v) is 2.93. The predicted molar refractivity (Wildman–Crippen MR) is 76.2 cm³/mol. The molecule has 0 atom stereocenters. The van der Waals surface area contributed by atoms with Crippen LogP contribution in [0.15, 0.2) is 37.2 Å². The minimum atomic E-state index is 0.644. The van der Waals surface area contributed by atoms with Crippen molar-refractivity contribution >= 4 is 6.08 Å². The van der Waals surface area contributed by atoms with Crippen molar-refractivity contribution < 1.29 is 9.47 Å². The highest BCUT2D eigenvalue weighted by Crippen LogP contribution is 2.30. The molecule has 0 aliphatic carbocycles. The Balaban J connectivity index is 2.34. The molecular weight excluding hydrogens is 240 g/mol. The van der Waals surface area contributed by atoms with Gasteiger partial charge in [0, 0.05) is 24.4 Å².